The summed E-state index contributed by atoms with van der Waals surface area (Å²) in [4.78, 5) is 19.9. The molecule has 1 N–H and O–H groups in total. The Morgan fingerprint density at radius 1 is 1.17 bits per heavy atom. The number of ether oxygens (including phenoxy) is 1. The van der Waals surface area contributed by atoms with Gasteiger partial charge in [0.2, 0.25) is 0 Å². The third-order valence-electron chi connectivity index (χ3n) is 7.49. The third-order valence-corrected chi connectivity index (χ3v) is 10.3. The number of aliphatic imine (C=N–C) groups is 1. The van der Waals surface area contributed by atoms with Gasteiger partial charge in [-0.05, 0) is 124 Å². The molecule has 1 aliphatic carbocycles. The summed E-state index contributed by atoms with van der Waals surface area (Å²) in [5, 5.41) is 4.33. The smallest absolute Gasteiger partial charge is 0.259 e. The van der Waals surface area contributed by atoms with Crippen LogP contribution in [0.3, 0.4) is 0 Å². The standard InChI is InChI=1S/C33H30ClFI2N2O2S/c1-33(2,3)21-8-13-25-28(15-21)42-32(29(25)31(40)39-24-11-9-22(34)10-12-24)38-17-20-14-23(36)16-27(37)30(20)41-18-19-6-4-5-7-26(19)35/h4-7,9-12,14,16-17,21H,8,13,15,18H2,1-3H3,(H,39,40)/t21-/m0/s1. The molecule has 4 nitrogen and oxygen atoms in total. The normalized spacial score (nSPS) is 15.1. The van der Waals surface area contributed by atoms with E-state index in [1.165, 1.54) is 10.9 Å². The monoisotopic (exact) mass is 826 g/mol. The van der Waals surface area contributed by atoms with Crippen LogP contribution >= 0.6 is 68.1 Å². The summed E-state index contributed by atoms with van der Waals surface area (Å²) in [6.45, 7) is 6.95. The molecule has 0 radical (unpaired) electrons. The van der Waals surface area contributed by atoms with Crippen LogP contribution < -0.4 is 10.1 Å². The number of hydrogen-bond donors (Lipinski definition) is 1. The Kier molecular flexibility index (Phi) is 9.96. The number of fused-ring (bicyclic) bond motifs is 1. The molecule has 218 valence electrons. The van der Waals surface area contributed by atoms with E-state index in [1.54, 1.807) is 60.0 Å². The third kappa shape index (κ3) is 7.36. The molecule has 5 rings (SSSR count). The quantitative estimate of drug-likeness (QED) is 0.149. The van der Waals surface area contributed by atoms with Gasteiger partial charge in [0.1, 0.15) is 23.2 Å². The number of thiophene rings is 1. The molecule has 9 heteroatoms. The zero-order chi connectivity index (χ0) is 30.0. The number of anilines is 1. The Morgan fingerprint density at radius 2 is 1.90 bits per heavy atom. The summed E-state index contributed by atoms with van der Waals surface area (Å²) >= 11 is 12.2. The first kappa shape index (κ1) is 31.4. The molecule has 0 aliphatic heterocycles. The van der Waals surface area contributed by atoms with Gasteiger partial charge in [-0.15, -0.1) is 11.3 Å². The van der Waals surface area contributed by atoms with Crippen molar-refractivity contribution >= 4 is 90.9 Å². The van der Waals surface area contributed by atoms with Crippen LogP contribution in [0.1, 0.15) is 59.1 Å². The summed E-state index contributed by atoms with van der Waals surface area (Å²) in [7, 11) is 0. The number of nitrogens with zero attached hydrogens (tertiary/aromatic N) is 1. The van der Waals surface area contributed by atoms with Gasteiger partial charge in [0.15, 0.2) is 0 Å². The van der Waals surface area contributed by atoms with Gasteiger partial charge in [-0.25, -0.2) is 9.38 Å². The van der Waals surface area contributed by atoms with Crippen LogP contribution in [0, 0.1) is 24.3 Å². The molecular weight excluding hydrogens is 797 g/mol. The highest BCUT2D eigenvalue weighted by atomic mass is 127. The minimum absolute atomic E-state index is 0.0976. The highest BCUT2D eigenvalue weighted by molar-refractivity contribution is 14.1. The maximum atomic E-state index is 14.3. The van der Waals surface area contributed by atoms with E-state index in [0.29, 0.717) is 38.5 Å². The molecule has 0 unspecified atom stereocenters. The van der Waals surface area contributed by atoms with Crippen molar-refractivity contribution in [1.82, 2.24) is 0 Å². The summed E-state index contributed by atoms with van der Waals surface area (Å²) in [6, 6.07) is 17.7. The van der Waals surface area contributed by atoms with Gasteiger partial charge in [0.25, 0.3) is 5.91 Å². The first-order chi connectivity index (χ1) is 20.0. The van der Waals surface area contributed by atoms with Crippen LogP contribution in [0.25, 0.3) is 0 Å². The lowest BCUT2D eigenvalue weighted by molar-refractivity contribution is 0.102. The molecule has 0 saturated heterocycles. The van der Waals surface area contributed by atoms with Gasteiger partial charge >= 0.3 is 0 Å². The van der Waals surface area contributed by atoms with Gasteiger partial charge < -0.3 is 10.1 Å². The lowest BCUT2D eigenvalue weighted by Gasteiger charge is -2.33. The van der Waals surface area contributed by atoms with E-state index < -0.39 is 0 Å². The molecular formula is C33H30ClFI2N2O2S. The van der Waals surface area contributed by atoms with E-state index in [9.17, 15) is 9.18 Å². The van der Waals surface area contributed by atoms with Crippen molar-refractivity contribution in [3.8, 4) is 5.75 Å². The highest BCUT2D eigenvalue weighted by Gasteiger charge is 2.33. The van der Waals surface area contributed by atoms with Crippen LogP contribution in [0.5, 0.6) is 5.75 Å². The Hall–Kier alpha value is -2.02. The SMILES string of the molecule is CC(C)(C)[C@H]1CCc2c(sc(N=Cc3cc(I)cc(I)c3OCc3ccccc3F)c2C(=O)Nc2ccc(Cl)cc2)C1. The molecule has 3 aromatic carbocycles. The fraction of sp³-hybridized carbons (Fsp3) is 0.273. The van der Waals surface area contributed by atoms with Gasteiger partial charge in [-0.3, -0.25) is 4.79 Å². The second kappa shape index (κ2) is 13.3. The van der Waals surface area contributed by atoms with Crippen LogP contribution in [0.15, 0.2) is 65.7 Å². The lowest BCUT2D eigenvalue weighted by atomic mass is 9.72. The van der Waals surface area contributed by atoms with Crippen molar-refractivity contribution in [3.63, 3.8) is 0 Å². The fourth-order valence-corrected chi connectivity index (χ4v) is 8.52. The molecule has 1 aromatic heterocycles. The van der Waals surface area contributed by atoms with Crippen molar-refractivity contribution in [2.24, 2.45) is 16.3 Å². The maximum absolute atomic E-state index is 14.3. The molecule has 4 aromatic rings. The zero-order valence-electron chi connectivity index (χ0n) is 23.4. The van der Waals surface area contributed by atoms with E-state index in [0.717, 1.165) is 37.5 Å². The highest BCUT2D eigenvalue weighted by Crippen LogP contribution is 2.45. The minimum atomic E-state index is -0.303. The van der Waals surface area contributed by atoms with E-state index in [-0.39, 0.29) is 23.7 Å². The van der Waals surface area contributed by atoms with E-state index in [1.807, 2.05) is 12.1 Å². The number of benzene rings is 3. The van der Waals surface area contributed by atoms with E-state index in [2.05, 4.69) is 71.3 Å². The first-order valence-electron chi connectivity index (χ1n) is 13.6. The lowest BCUT2D eigenvalue weighted by Crippen LogP contribution is -2.27. The first-order valence-corrected chi connectivity index (χ1v) is 17.0. The Labute approximate surface area is 282 Å². The minimum Gasteiger partial charge on any atom is -0.487 e. The number of rotatable bonds is 7. The molecule has 0 spiro atoms. The van der Waals surface area contributed by atoms with Crippen molar-refractivity contribution in [1.29, 1.82) is 0 Å². The van der Waals surface area contributed by atoms with Gasteiger partial charge in [0.05, 0.1) is 9.13 Å². The average molecular weight is 827 g/mol. The number of halogens is 4. The molecule has 1 atom stereocenters. The molecule has 0 fully saturated rings. The zero-order valence-corrected chi connectivity index (χ0v) is 29.3. The van der Waals surface area contributed by atoms with Crippen LogP contribution in [-0.2, 0) is 19.4 Å². The predicted molar refractivity (Wildman–Crippen MR) is 189 cm³/mol. The molecule has 1 amide bonds. The van der Waals surface area contributed by atoms with Crippen molar-refractivity contribution in [3.05, 3.63) is 106 Å². The van der Waals surface area contributed by atoms with Crippen LogP contribution in [-0.4, -0.2) is 12.1 Å². The fourth-order valence-electron chi connectivity index (χ4n) is 5.08. The van der Waals surface area contributed by atoms with Gasteiger partial charge in [0, 0.05) is 36.5 Å². The number of amides is 1. The molecule has 0 bridgehead atoms. The second-order valence-electron chi connectivity index (χ2n) is 11.4. The number of carbonyl (C=O) groups excluding carboxylic acids is 1. The summed E-state index contributed by atoms with van der Waals surface area (Å²) in [6.07, 6.45) is 4.56. The number of carbonyl (C=O) groups is 1. The maximum Gasteiger partial charge on any atom is 0.259 e. The van der Waals surface area contributed by atoms with Crippen molar-refractivity contribution < 1.29 is 13.9 Å². The van der Waals surface area contributed by atoms with Crippen LogP contribution in [0.2, 0.25) is 5.02 Å². The Morgan fingerprint density at radius 3 is 2.62 bits per heavy atom. The topological polar surface area (TPSA) is 50.7 Å². The van der Waals surface area contributed by atoms with E-state index >= 15 is 0 Å². The average Bonchev–Trinajstić information content (AvgIpc) is 3.31. The van der Waals surface area contributed by atoms with E-state index in [4.69, 9.17) is 21.3 Å². The summed E-state index contributed by atoms with van der Waals surface area (Å²) < 4.78 is 22.4. The van der Waals surface area contributed by atoms with Gasteiger partial charge in [-0.1, -0.05) is 50.6 Å². The Balaban J connectivity index is 1.50. The molecule has 1 aliphatic rings. The van der Waals surface area contributed by atoms with Crippen LogP contribution in [0.4, 0.5) is 15.1 Å². The largest absolute Gasteiger partial charge is 0.487 e. The second-order valence-corrected chi connectivity index (χ2v) is 15.3. The van der Waals surface area contributed by atoms with Gasteiger partial charge in [-0.2, -0.15) is 0 Å². The van der Waals surface area contributed by atoms with Crippen molar-refractivity contribution in [2.75, 3.05) is 5.32 Å². The molecule has 0 saturated carbocycles. The molecule has 1 heterocycles. The molecule has 42 heavy (non-hydrogen) atoms. The number of hydrogen-bond acceptors (Lipinski definition) is 4. The predicted octanol–water partition coefficient (Wildman–Crippen LogP) is 10.5. The van der Waals surface area contributed by atoms with Crippen molar-refractivity contribution in [2.45, 2.75) is 46.6 Å². The number of nitrogens with one attached hydrogen (secondary N) is 1. The summed E-state index contributed by atoms with van der Waals surface area (Å²) in [5.74, 6) is 0.680. The Bertz CT molecular complexity index is 1650. The summed E-state index contributed by atoms with van der Waals surface area (Å²) in [5.41, 5.74) is 3.83.